The lowest BCUT2D eigenvalue weighted by atomic mass is 10.1. The van der Waals surface area contributed by atoms with E-state index in [2.05, 4.69) is 10.6 Å². The second-order valence-corrected chi connectivity index (χ2v) is 4.79. The summed E-state index contributed by atoms with van der Waals surface area (Å²) in [7, 11) is 0. The van der Waals surface area contributed by atoms with Gasteiger partial charge in [-0.3, -0.25) is 4.79 Å². The summed E-state index contributed by atoms with van der Waals surface area (Å²) in [4.78, 5) is 11.8. The zero-order valence-corrected chi connectivity index (χ0v) is 10.8. The zero-order chi connectivity index (χ0) is 13.0. The van der Waals surface area contributed by atoms with Crippen molar-refractivity contribution < 1.29 is 4.79 Å². The fourth-order valence-electron chi connectivity index (χ4n) is 2.38. The summed E-state index contributed by atoms with van der Waals surface area (Å²) >= 11 is 0. The van der Waals surface area contributed by atoms with Gasteiger partial charge in [0.05, 0.1) is 11.4 Å². The summed E-state index contributed by atoms with van der Waals surface area (Å²) in [5.41, 5.74) is 8.19. The van der Waals surface area contributed by atoms with E-state index in [-0.39, 0.29) is 5.91 Å². The van der Waals surface area contributed by atoms with Crippen molar-refractivity contribution in [1.82, 2.24) is 5.32 Å². The average Bonchev–Trinajstić information content (AvgIpc) is 2.85. The summed E-state index contributed by atoms with van der Waals surface area (Å²) in [6, 6.07) is 5.90. The molecule has 1 fully saturated rings. The van der Waals surface area contributed by atoms with Crippen LogP contribution in [0.25, 0.3) is 0 Å². The molecular weight excluding hydrogens is 226 g/mol. The molecule has 4 N–H and O–H groups in total. The highest BCUT2D eigenvalue weighted by molar-refractivity contribution is 5.96. The molecule has 1 amide bonds. The first-order valence-electron chi connectivity index (χ1n) is 6.65. The maximum Gasteiger partial charge on any atom is 0.251 e. The molecule has 1 aromatic rings. The molecule has 1 aromatic carbocycles. The smallest absolute Gasteiger partial charge is 0.251 e. The van der Waals surface area contributed by atoms with Crippen LogP contribution in [0.1, 0.15) is 43.0 Å². The maximum absolute atomic E-state index is 11.8. The minimum Gasteiger partial charge on any atom is -0.397 e. The van der Waals surface area contributed by atoms with Crippen molar-refractivity contribution in [3.8, 4) is 0 Å². The first kappa shape index (κ1) is 12.7. The van der Waals surface area contributed by atoms with Crippen molar-refractivity contribution in [2.75, 3.05) is 17.6 Å². The second-order valence-electron chi connectivity index (χ2n) is 4.79. The van der Waals surface area contributed by atoms with Crippen molar-refractivity contribution in [1.29, 1.82) is 0 Å². The van der Waals surface area contributed by atoms with E-state index in [1.807, 2.05) is 13.0 Å². The minimum atomic E-state index is -0.0491. The van der Waals surface area contributed by atoms with Crippen LogP contribution in [-0.4, -0.2) is 18.5 Å². The molecule has 0 bridgehead atoms. The van der Waals surface area contributed by atoms with Crippen LogP contribution in [0.15, 0.2) is 18.2 Å². The molecule has 0 saturated heterocycles. The normalized spacial score (nSPS) is 15.6. The minimum absolute atomic E-state index is 0.0491. The maximum atomic E-state index is 11.8. The summed E-state index contributed by atoms with van der Waals surface area (Å²) < 4.78 is 0. The largest absolute Gasteiger partial charge is 0.397 e. The molecule has 1 aliphatic carbocycles. The summed E-state index contributed by atoms with van der Waals surface area (Å²) in [5.74, 6) is -0.0491. The Hall–Kier alpha value is -1.71. The highest BCUT2D eigenvalue weighted by Gasteiger charge is 2.16. The van der Waals surface area contributed by atoms with E-state index in [4.69, 9.17) is 5.73 Å². The van der Waals surface area contributed by atoms with Crippen LogP contribution in [0.2, 0.25) is 0 Å². The molecule has 2 rings (SSSR count). The van der Waals surface area contributed by atoms with E-state index in [1.165, 1.54) is 25.7 Å². The molecule has 0 aromatic heterocycles. The Bertz CT molecular complexity index is 425. The molecule has 0 radical (unpaired) electrons. The van der Waals surface area contributed by atoms with Crippen LogP contribution < -0.4 is 16.4 Å². The molecule has 0 heterocycles. The van der Waals surface area contributed by atoms with E-state index in [0.29, 0.717) is 23.8 Å². The van der Waals surface area contributed by atoms with Gasteiger partial charge in [-0.05, 0) is 38.0 Å². The lowest BCUT2D eigenvalue weighted by molar-refractivity contribution is 0.0956. The predicted molar refractivity (Wildman–Crippen MR) is 74.7 cm³/mol. The van der Waals surface area contributed by atoms with E-state index in [0.717, 1.165) is 5.69 Å². The molecule has 0 aliphatic heterocycles. The number of amides is 1. The SMILES string of the molecule is CCNC(=O)c1ccc(N)c(NC2CCCC2)c1. The van der Waals surface area contributed by atoms with Crippen LogP contribution in [0.5, 0.6) is 0 Å². The number of benzene rings is 1. The van der Waals surface area contributed by atoms with Gasteiger partial charge in [0.15, 0.2) is 0 Å². The number of carbonyl (C=O) groups is 1. The van der Waals surface area contributed by atoms with Crippen LogP contribution in [0.4, 0.5) is 11.4 Å². The number of rotatable bonds is 4. The van der Waals surface area contributed by atoms with Gasteiger partial charge in [-0.1, -0.05) is 12.8 Å². The third kappa shape index (κ3) is 2.94. The molecule has 0 spiro atoms. The van der Waals surface area contributed by atoms with E-state index >= 15 is 0 Å². The quantitative estimate of drug-likeness (QED) is 0.716. The lowest BCUT2D eigenvalue weighted by Gasteiger charge is -2.16. The van der Waals surface area contributed by atoms with Gasteiger partial charge in [0, 0.05) is 18.2 Å². The molecule has 1 aliphatic rings. The van der Waals surface area contributed by atoms with Gasteiger partial charge in [0.1, 0.15) is 0 Å². The number of nitrogens with two attached hydrogens (primary N) is 1. The van der Waals surface area contributed by atoms with Crippen LogP contribution in [0, 0.1) is 0 Å². The van der Waals surface area contributed by atoms with Gasteiger partial charge < -0.3 is 16.4 Å². The fourth-order valence-corrected chi connectivity index (χ4v) is 2.38. The van der Waals surface area contributed by atoms with E-state index in [9.17, 15) is 4.79 Å². The highest BCUT2D eigenvalue weighted by Crippen LogP contribution is 2.26. The first-order chi connectivity index (χ1) is 8.70. The predicted octanol–water partition coefficient (Wildman–Crippen LogP) is 2.37. The number of hydrogen-bond donors (Lipinski definition) is 3. The summed E-state index contributed by atoms with van der Waals surface area (Å²) in [6.45, 7) is 2.54. The molecule has 1 saturated carbocycles. The number of nitrogens with one attached hydrogen (secondary N) is 2. The first-order valence-corrected chi connectivity index (χ1v) is 6.65. The van der Waals surface area contributed by atoms with Crippen molar-refractivity contribution in [3.05, 3.63) is 23.8 Å². The van der Waals surface area contributed by atoms with Gasteiger partial charge in [-0.2, -0.15) is 0 Å². The van der Waals surface area contributed by atoms with Crippen molar-refractivity contribution >= 4 is 17.3 Å². The Morgan fingerprint density at radius 2 is 2.11 bits per heavy atom. The zero-order valence-electron chi connectivity index (χ0n) is 10.8. The monoisotopic (exact) mass is 247 g/mol. The van der Waals surface area contributed by atoms with Crippen LogP contribution in [0.3, 0.4) is 0 Å². The van der Waals surface area contributed by atoms with Gasteiger partial charge >= 0.3 is 0 Å². The molecule has 18 heavy (non-hydrogen) atoms. The van der Waals surface area contributed by atoms with Gasteiger partial charge in [0.2, 0.25) is 0 Å². The standard InChI is InChI=1S/C14H21N3O/c1-2-16-14(18)10-7-8-12(15)13(9-10)17-11-5-3-4-6-11/h7-9,11,17H,2-6,15H2,1H3,(H,16,18). The van der Waals surface area contributed by atoms with Crippen molar-refractivity contribution in [3.63, 3.8) is 0 Å². The number of nitrogen functional groups attached to an aromatic ring is 1. The van der Waals surface area contributed by atoms with Gasteiger partial charge in [-0.15, -0.1) is 0 Å². The Morgan fingerprint density at radius 1 is 1.39 bits per heavy atom. The van der Waals surface area contributed by atoms with Crippen molar-refractivity contribution in [2.24, 2.45) is 0 Å². The van der Waals surface area contributed by atoms with Crippen LogP contribution in [-0.2, 0) is 0 Å². The van der Waals surface area contributed by atoms with Crippen LogP contribution >= 0.6 is 0 Å². The molecule has 4 heteroatoms. The number of carbonyl (C=O) groups excluding carboxylic acids is 1. The fraction of sp³-hybridized carbons (Fsp3) is 0.500. The Kier molecular flexibility index (Phi) is 4.07. The van der Waals surface area contributed by atoms with Gasteiger partial charge in [0.25, 0.3) is 5.91 Å². The molecule has 0 atom stereocenters. The number of anilines is 2. The molecule has 98 valence electrons. The third-order valence-electron chi connectivity index (χ3n) is 3.37. The molecule has 0 unspecified atom stereocenters. The molecule has 4 nitrogen and oxygen atoms in total. The highest BCUT2D eigenvalue weighted by atomic mass is 16.1. The van der Waals surface area contributed by atoms with Gasteiger partial charge in [-0.25, -0.2) is 0 Å². The van der Waals surface area contributed by atoms with Crippen molar-refractivity contribution in [2.45, 2.75) is 38.6 Å². The Balaban J connectivity index is 2.12. The topological polar surface area (TPSA) is 67.2 Å². The Morgan fingerprint density at radius 3 is 2.78 bits per heavy atom. The lowest BCUT2D eigenvalue weighted by Crippen LogP contribution is -2.23. The molecular formula is C14H21N3O. The summed E-state index contributed by atoms with van der Waals surface area (Å²) in [6.07, 6.45) is 4.91. The third-order valence-corrected chi connectivity index (χ3v) is 3.37. The number of hydrogen-bond acceptors (Lipinski definition) is 3. The van der Waals surface area contributed by atoms with E-state index < -0.39 is 0 Å². The van der Waals surface area contributed by atoms with E-state index in [1.54, 1.807) is 12.1 Å². The Labute approximate surface area is 108 Å². The average molecular weight is 247 g/mol. The summed E-state index contributed by atoms with van der Waals surface area (Å²) in [5, 5.41) is 6.24. The second kappa shape index (κ2) is 5.76.